The fourth-order valence-corrected chi connectivity index (χ4v) is 1.49. The number of benzene rings is 1. The highest BCUT2D eigenvalue weighted by Gasteiger charge is 2.16. The lowest BCUT2D eigenvalue weighted by Crippen LogP contribution is -2.00. The van der Waals surface area contributed by atoms with Crippen LogP contribution in [0.4, 0.5) is 8.78 Å². The third-order valence-electron chi connectivity index (χ3n) is 1.49. The van der Waals surface area contributed by atoms with Crippen molar-refractivity contribution >= 4 is 21.9 Å². The van der Waals surface area contributed by atoms with Gasteiger partial charge >= 0.3 is 5.97 Å². The molecule has 0 aliphatic rings. The first kappa shape index (κ1) is 10.1. The molecule has 0 saturated heterocycles. The Balaban J connectivity index is 3.26. The van der Waals surface area contributed by atoms with Crippen molar-refractivity contribution in [3.8, 4) is 0 Å². The summed E-state index contributed by atoms with van der Waals surface area (Å²) in [4.78, 5) is 10.5. The Hall–Kier alpha value is -0.970. The Morgan fingerprint density at radius 2 is 2.08 bits per heavy atom. The molecule has 0 fully saturated rings. The summed E-state index contributed by atoms with van der Waals surface area (Å²) in [5.74, 6) is -1.23. The molecule has 0 aliphatic carbocycles. The van der Waals surface area contributed by atoms with Gasteiger partial charge in [0, 0.05) is 10.0 Å². The predicted molar refractivity (Wildman–Crippen MR) is 46.1 cm³/mol. The molecule has 13 heavy (non-hydrogen) atoms. The Kier molecular flexibility index (Phi) is 2.98. The smallest absolute Gasteiger partial charge is 0.336 e. The molecule has 0 spiro atoms. The van der Waals surface area contributed by atoms with Crippen molar-refractivity contribution in [2.24, 2.45) is 0 Å². The second-order valence-corrected chi connectivity index (χ2v) is 3.11. The number of hydrogen-bond acceptors (Lipinski definition) is 1. The highest BCUT2D eigenvalue weighted by molar-refractivity contribution is 9.10. The number of rotatable bonds is 2. The maximum atomic E-state index is 12.2. The number of hydrogen-bond donors (Lipinski definition) is 1. The minimum absolute atomic E-state index is 0.0579. The van der Waals surface area contributed by atoms with Gasteiger partial charge in [0.25, 0.3) is 6.43 Å². The Bertz CT molecular complexity index is 339. The van der Waals surface area contributed by atoms with E-state index in [1.54, 1.807) is 0 Å². The zero-order valence-corrected chi connectivity index (χ0v) is 7.88. The summed E-state index contributed by atoms with van der Waals surface area (Å²) < 4.78 is 24.4. The number of aromatic carboxylic acids is 1. The minimum Gasteiger partial charge on any atom is -0.478 e. The van der Waals surface area contributed by atoms with Crippen molar-refractivity contribution in [3.05, 3.63) is 33.8 Å². The minimum atomic E-state index is -2.67. The lowest BCUT2D eigenvalue weighted by Gasteiger charge is -2.05. The molecular weight excluding hydrogens is 246 g/mol. The number of carboxylic acids is 1. The molecule has 1 N–H and O–H groups in total. The van der Waals surface area contributed by atoms with E-state index in [4.69, 9.17) is 5.11 Å². The molecule has 0 atom stereocenters. The summed E-state index contributed by atoms with van der Waals surface area (Å²) in [6, 6.07) is 3.73. The summed E-state index contributed by atoms with van der Waals surface area (Å²) >= 11 is 2.82. The van der Waals surface area contributed by atoms with Gasteiger partial charge in [0.15, 0.2) is 0 Å². The highest BCUT2D eigenvalue weighted by Crippen LogP contribution is 2.29. The van der Waals surface area contributed by atoms with Crippen LogP contribution in [0.15, 0.2) is 22.7 Å². The van der Waals surface area contributed by atoms with Gasteiger partial charge in [0.05, 0.1) is 5.56 Å². The molecule has 0 saturated carbocycles. The van der Waals surface area contributed by atoms with E-state index in [0.717, 1.165) is 0 Å². The lowest BCUT2D eigenvalue weighted by atomic mass is 10.1. The van der Waals surface area contributed by atoms with E-state index in [9.17, 15) is 13.6 Å². The number of carboxylic acid groups (broad SMARTS) is 1. The van der Waals surface area contributed by atoms with Crippen molar-refractivity contribution in [2.75, 3.05) is 0 Å². The third kappa shape index (κ3) is 2.03. The molecule has 0 heterocycles. The van der Waals surface area contributed by atoms with E-state index in [1.807, 2.05) is 0 Å². The van der Waals surface area contributed by atoms with Gasteiger partial charge in [0.1, 0.15) is 0 Å². The number of alkyl halides is 2. The van der Waals surface area contributed by atoms with Gasteiger partial charge in [-0.15, -0.1) is 0 Å². The molecule has 0 unspecified atom stereocenters. The highest BCUT2D eigenvalue weighted by atomic mass is 79.9. The predicted octanol–water partition coefficient (Wildman–Crippen LogP) is 3.08. The van der Waals surface area contributed by atoms with E-state index in [2.05, 4.69) is 15.9 Å². The SMILES string of the molecule is O=C(O)c1cccc(C(F)F)c1Br. The first-order valence-corrected chi connectivity index (χ1v) is 4.13. The maximum Gasteiger partial charge on any atom is 0.336 e. The average molecular weight is 251 g/mol. The Morgan fingerprint density at radius 3 is 2.54 bits per heavy atom. The molecule has 1 aromatic carbocycles. The molecule has 0 radical (unpaired) electrons. The van der Waals surface area contributed by atoms with Crippen molar-refractivity contribution in [1.82, 2.24) is 0 Å². The summed E-state index contributed by atoms with van der Waals surface area (Å²) in [6.45, 7) is 0. The van der Waals surface area contributed by atoms with Gasteiger partial charge in [-0.25, -0.2) is 13.6 Å². The van der Waals surface area contributed by atoms with Gasteiger partial charge in [-0.3, -0.25) is 0 Å². The first-order valence-electron chi connectivity index (χ1n) is 3.34. The number of carbonyl (C=O) groups is 1. The molecular formula is C8H5BrF2O2. The molecule has 0 aromatic heterocycles. The number of halogens is 3. The third-order valence-corrected chi connectivity index (χ3v) is 2.38. The van der Waals surface area contributed by atoms with Crippen LogP contribution in [-0.4, -0.2) is 11.1 Å². The normalized spacial score (nSPS) is 10.5. The fraction of sp³-hybridized carbons (Fsp3) is 0.125. The van der Waals surface area contributed by atoms with Crippen LogP contribution in [0, 0.1) is 0 Å². The van der Waals surface area contributed by atoms with Crippen molar-refractivity contribution in [3.63, 3.8) is 0 Å². The van der Waals surface area contributed by atoms with Crippen LogP contribution in [0.5, 0.6) is 0 Å². The second-order valence-electron chi connectivity index (χ2n) is 2.31. The van der Waals surface area contributed by atoms with Crippen LogP contribution in [0.3, 0.4) is 0 Å². The summed E-state index contributed by atoms with van der Waals surface area (Å²) in [5.41, 5.74) is -0.460. The second kappa shape index (κ2) is 3.83. The molecule has 2 nitrogen and oxygen atoms in total. The summed E-state index contributed by atoms with van der Waals surface area (Å²) in [6.07, 6.45) is -2.67. The topological polar surface area (TPSA) is 37.3 Å². The monoisotopic (exact) mass is 250 g/mol. The van der Waals surface area contributed by atoms with E-state index in [-0.39, 0.29) is 15.6 Å². The first-order chi connectivity index (χ1) is 6.04. The maximum absolute atomic E-state index is 12.2. The van der Waals surface area contributed by atoms with Gasteiger partial charge in [-0.05, 0) is 22.0 Å². The van der Waals surface area contributed by atoms with E-state index in [1.165, 1.54) is 18.2 Å². The molecule has 0 aliphatic heterocycles. The van der Waals surface area contributed by atoms with Crippen LogP contribution in [-0.2, 0) is 0 Å². The lowest BCUT2D eigenvalue weighted by molar-refractivity contribution is 0.0695. The zero-order valence-electron chi connectivity index (χ0n) is 6.30. The quantitative estimate of drug-likeness (QED) is 0.876. The van der Waals surface area contributed by atoms with Crippen molar-refractivity contribution in [1.29, 1.82) is 0 Å². The molecule has 0 bridgehead atoms. The van der Waals surface area contributed by atoms with Crippen LogP contribution in [0.2, 0.25) is 0 Å². The molecule has 1 rings (SSSR count). The molecule has 1 aromatic rings. The van der Waals surface area contributed by atoms with Gasteiger partial charge < -0.3 is 5.11 Å². The van der Waals surface area contributed by atoms with Crippen LogP contribution >= 0.6 is 15.9 Å². The van der Waals surface area contributed by atoms with Crippen LogP contribution in [0.25, 0.3) is 0 Å². The molecule has 0 amide bonds. The van der Waals surface area contributed by atoms with Crippen LogP contribution < -0.4 is 0 Å². The van der Waals surface area contributed by atoms with Crippen molar-refractivity contribution < 1.29 is 18.7 Å². The summed E-state index contributed by atoms with van der Waals surface area (Å²) in [7, 11) is 0. The molecule has 70 valence electrons. The Morgan fingerprint density at radius 1 is 1.46 bits per heavy atom. The average Bonchev–Trinajstić information content (AvgIpc) is 2.03. The van der Waals surface area contributed by atoms with Crippen LogP contribution in [0.1, 0.15) is 22.3 Å². The summed E-state index contributed by atoms with van der Waals surface area (Å²) in [5, 5.41) is 8.60. The zero-order chi connectivity index (χ0) is 10.0. The largest absolute Gasteiger partial charge is 0.478 e. The van der Waals surface area contributed by atoms with Gasteiger partial charge in [-0.2, -0.15) is 0 Å². The van der Waals surface area contributed by atoms with Gasteiger partial charge in [-0.1, -0.05) is 12.1 Å². The van der Waals surface area contributed by atoms with E-state index in [0.29, 0.717) is 0 Å². The molecule has 5 heteroatoms. The van der Waals surface area contributed by atoms with E-state index < -0.39 is 12.4 Å². The van der Waals surface area contributed by atoms with E-state index >= 15 is 0 Å². The standard InChI is InChI=1S/C8H5BrF2O2/c9-6-4(7(10)11)2-1-3-5(6)8(12)13/h1-3,7H,(H,12,13). The Labute approximate surface area is 81.3 Å². The van der Waals surface area contributed by atoms with Crippen molar-refractivity contribution in [2.45, 2.75) is 6.43 Å². The van der Waals surface area contributed by atoms with Gasteiger partial charge in [0.2, 0.25) is 0 Å². The fourth-order valence-electron chi connectivity index (χ4n) is 0.884.